The number of carboxylic acids is 1. The summed E-state index contributed by atoms with van der Waals surface area (Å²) in [4.78, 5) is 24.3. The van der Waals surface area contributed by atoms with E-state index in [9.17, 15) is 20.0 Å². The van der Waals surface area contributed by atoms with Gasteiger partial charge in [0.15, 0.2) is 0 Å². The lowest BCUT2D eigenvalue weighted by Gasteiger charge is -2.42. The number of dihydropyridines is 1. The molecule has 35 heavy (non-hydrogen) atoms. The lowest BCUT2D eigenvalue weighted by Crippen LogP contribution is -2.52. The van der Waals surface area contributed by atoms with Crippen molar-refractivity contribution in [3.63, 3.8) is 0 Å². The molecule has 1 aromatic rings. The number of aliphatic carboxylic acids is 1. The van der Waals surface area contributed by atoms with Crippen LogP contribution in [0.15, 0.2) is 46.9 Å². The number of carboxylic acid groups (broad SMARTS) is 1. The van der Waals surface area contributed by atoms with Gasteiger partial charge in [0.05, 0.1) is 22.5 Å². The number of nitrogens with zero attached hydrogens (tertiary/aromatic N) is 3. The minimum atomic E-state index is -1.03. The number of nitrogens with one attached hydrogen (secondary N) is 1. The van der Waals surface area contributed by atoms with Gasteiger partial charge in [0, 0.05) is 36.0 Å². The van der Waals surface area contributed by atoms with Crippen molar-refractivity contribution in [1.29, 1.82) is 0 Å². The zero-order chi connectivity index (χ0) is 24.9. The Bertz CT molecular complexity index is 1080. The van der Waals surface area contributed by atoms with Crippen LogP contribution >= 0.6 is 0 Å². The molecule has 0 bridgehead atoms. The highest BCUT2D eigenvalue weighted by atomic mass is 16.6. The third-order valence-electron chi connectivity index (χ3n) is 8.88. The minimum absolute atomic E-state index is 0.0204. The van der Waals surface area contributed by atoms with E-state index < -0.39 is 11.9 Å². The van der Waals surface area contributed by atoms with Crippen LogP contribution in [-0.4, -0.2) is 45.1 Å². The first-order chi connectivity index (χ1) is 16.8. The number of hydrogen-bond acceptors (Lipinski definition) is 6. The van der Waals surface area contributed by atoms with E-state index in [1.165, 1.54) is 44.6 Å². The summed E-state index contributed by atoms with van der Waals surface area (Å²) in [6.07, 6.45) is 9.48. The maximum Gasteiger partial charge on any atom is 0.334 e. The summed E-state index contributed by atoms with van der Waals surface area (Å²) in [5.41, 5.74) is 2.20. The van der Waals surface area contributed by atoms with Crippen molar-refractivity contribution in [3.8, 4) is 0 Å². The third-order valence-corrected chi connectivity index (χ3v) is 8.88. The average molecular weight is 481 g/mol. The maximum absolute atomic E-state index is 12.6. The number of nitro groups is 1. The second-order valence-corrected chi connectivity index (χ2v) is 10.7. The van der Waals surface area contributed by atoms with Gasteiger partial charge in [-0.3, -0.25) is 15.1 Å². The molecular formula is C27H36N4O4. The fourth-order valence-corrected chi connectivity index (χ4v) is 7.28. The van der Waals surface area contributed by atoms with Gasteiger partial charge in [0.1, 0.15) is 5.82 Å². The van der Waals surface area contributed by atoms with E-state index in [1.54, 1.807) is 25.1 Å². The van der Waals surface area contributed by atoms with Gasteiger partial charge >= 0.3 is 5.97 Å². The highest BCUT2D eigenvalue weighted by Gasteiger charge is 2.52. The van der Waals surface area contributed by atoms with E-state index in [0.717, 1.165) is 24.2 Å². The van der Waals surface area contributed by atoms with Crippen LogP contribution in [0.1, 0.15) is 76.7 Å². The fraction of sp³-hybridized carbons (Fsp3) is 0.593. The summed E-state index contributed by atoms with van der Waals surface area (Å²) in [5, 5.41) is 30.5. The Morgan fingerprint density at radius 3 is 2.40 bits per heavy atom. The van der Waals surface area contributed by atoms with Crippen molar-refractivity contribution in [2.75, 3.05) is 7.05 Å². The van der Waals surface area contributed by atoms with Gasteiger partial charge in [-0.1, -0.05) is 43.9 Å². The Balaban J connectivity index is 1.69. The Labute approximate surface area is 206 Å². The van der Waals surface area contributed by atoms with Gasteiger partial charge in [-0.2, -0.15) is 0 Å². The van der Waals surface area contributed by atoms with Crippen LogP contribution in [0.3, 0.4) is 0 Å². The van der Waals surface area contributed by atoms with Gasteiger partial charge in [-0.25, -0.2) is 9.80 Å². The van der Waals surface area contributed by atoms with Gasteiger partial charge in [0.2, 0.25) is 0 Å². The van der Waals surface area contributed by atoms with E-state index in [0.29, 0.717) is 29.1 Å². The molecule has 2 heterocycles. The summed E-state index contributed by atoms with van der Waals surface area (Å²) < 4.78 is 0. The average Bonchev–Trinajstić information content (AvgIpc) is 3.59. The molecule has 0 amide bonds. The van der Waals surface area contributed by atoms with Gasteiger partial charge in [0.25, 0.3) is 5.69 Å². The molecule has 2 fully saturated rings. The molecule has 3 unspecified atom stereocenters. The van der Waals surface area contributed by atoms with Crippen LogP contribution in [0.4, 0.5) is 5.69 Å². The third kappa shape index (κ3) is 3.92. The molecule has 2 aliphatic carbocycles. The van der Waals surface area contributed by atoms with E-state index in [1.807, 2.05) is 0 Å². The van der Waals surface area contributed by atoms with Crippen molar-refractivity contribution in [2.24, 2.45) is 11.8 Å². The van der Waals surface area contributed by atoms with Crippen molar-refractivity contribution in [3.05, 3.63) is 62.6 Å². The molecule has 2 aliphatic heterocycles. The van der Waals surface area contributed by atoms with Crippen LogP contribution in [0, 0.1) is 22.0 Å². The van der Waals surface area contributed by atoms with Gasteiger partial charge in [-0.15, -0.1) is 0 Å². The molecule has 188 valence electrons. The van der Waals surface area contributed by atoms with Crippen molar-refractivity contribution in [2.45, 2.75) is 83.2 Å². The van der Waals surface area contributed by atoms with E-state index in [4.69, 9.17) is 0 Å². The zero-order valence-corrected chi connectivity index (χ0v) is 20.9. The zero-order valence-electron chi connectivity index (χ0n) is 20.9. The van der Waals surface area contributed by atoms with E-state index >= 15 is 0 Å². The van der Waals surface area contributed by atoms with Crippen molar-refractivity contribution in [1.82, 2.24) is 15.3 Å². The van der Waals surface area contributed by atoms with Crippen LogP contribution in [0.2, 0.25) is 0 Å². The first-order valence-corrected chi connectivity index (χ1v) is 13.0. The van der Waals surface area contributed by atoms with Crippen LogP contribution in [0.25, 0.3) is 0 Å². The van der Waals surface area contributed by atoms with E-state index in [2.05, 4.69) is 29.3 Å². The molecule has 0 aromatic heterocycles. The van der Waals surface area contributed by atoms with Crippen LogP contribution in [0.5, 0.6) is 0 Å². The monoisotopic (exact) mass is 480 g/mol. The predicted molar refractivity (Wildman–Crippen MR) is 133 cm³/mol. The summed E-state index contributed by atoms with van der Waals surface area (Å²) in [6, 6.07) is 6.99. The molecule has 0 saturated heterocycles. The minimum Gasteiger partial charge on any atom is -0.478 e. The lowest BCUT2D eigenvalue weighted by atomic mass is 9.74. The second kappa shape index (κ2) is 9.30. The number of hydrogen-bond donors (Lipinski definition) is 2. The highest BCUT2D eigenvalue weighted by Crippen LogP contribution is 2.52. The molecule has 1 aromatic carbocycles. The SMILES string of the molecule is CC1=C(C(=O)O)C(c2ccccc2[N+](=O)[O-])C2=C(N1)N(C)N(C(C)C1CCCC1)C2C1CCCC1. The summed E-state index contributed by atoms with van der Waals surface area (Å²) in [5.74, 6) is 0.200. The molecule has 4 aliphatic rings. The Morgan fingerprint density at radius 2 is 1.77 bits per heavy atom. The first-order valence-electron chi connectivity index (χ1n) is 13.0. The molecule has 0 spiro atoms. The normalized spacial score (nSPS) is 26.9. The topological polar surface area (TPSA) is 98.9 Å². The van der Waals surface area contributed by atoms with Crippen molar-refractivity contribution >= 4 is 11.7 Å². The standard InChI is InChI=1S/C27H36N4O4/c1-16-22(27(32)33)23(20-14-8-9-15-21(20)31(34)35)24-25(19-12-6-7-13-19)30(29(3)26(24)28-16)17(2)18-10-4-5-11-18/h8-9,14-15,17-19,23,25,28H,4-7,10-13H2,1-3H3,(H,32,33). The number of allylic oxidation sites excluding steroid dienone is 1. The number of carbonyl (C=O) groups is 1. The summed E-state index contributed by atoms with van der Waals surface area (Å²) in [6.45, 7) is 4.09. The molecular weight excluding hydrogens is 444 g/mol. The number of rotatable bonds is 6. The highest BCUT2D eigenvalue weighted by molar-refractivity contribution is 5.91. The second-order valence-electron chi connectivity index (χ2n) is 10.7. The number of nitro benzene ring substituents is 1. The van der Waals surface area contributed by atoms with Crippen LogP contribution in [-0.2, 0) is 4.79 Å². The predicted octanol–water partition coefficient (Wildman–Crippen LogP) is 5.15. The number of hydrazine groups is 1. The fourth-order valence-electron chi connectivity index (χ4n) is 7.28. The maximum atomic E-state index is 12.6. The molecule has 0 radical (unpaired) electrons. The largest absolute Gasteiger partial charge is 0.478 e. The van der Waals surface area contributed by atoms with Gasteiger partial charge < -0.3 is 10.4 Å². The molecule has 3 atom stereocenters. The summed E-state index contributed by atoms with van der Waals surface area (Å²) >= 11 is 0. The van der Waals surface area contributed by atoms with Crippen LogP contribution < -0.4 is 5.32 Å². The Hall–Kier alpha value is -2.87. The molecule has 8 heteroatoms. The lowest BCUT2D eigenvalue weighted by molar-refractivity contribution is -0.385. The number of benzene rings is 1. The van der Waals surface area contributed by atoms with E-state index in [-0.39, 0.29) is 22.2 Å². The first kappa shape index (κ1) is 23.9. The molecule has 5 rings (SSSR count). The Morgan fingerprint density at radius 1 is 1.14 bits per heavy atom. The molecule has 2 N–H and O–H groups in total. The smallest absolute Gasteiger partial charge is 0.334 e. The van der Waals surface area contributed by atoms with Gasteiger partial charge in [-0.05, 0) is 51.4 Å². The Kier molecular flexibility index (Phi) is 6.34. The molecule has 2 saturated carbocycles. The van der Waals surface area contributed by atoms with Crippen molar-refractivity contribution < 1.29 is 14.8 Å². The quantitative estimate of drug-likeness (QED) is 0.429. The number of para-hydroxylation sites is 1. The molecule has 8 nitrogen and oxygen atoms in total. The summed E-state index contributed by atoms with van der Waals surface area (Å²) in [7, 11) is 2.07.